The molecule has 2 rings (SSSR count). The zero-order chi connectivity index (χ0) is 15.2. The maximum Gasteiger partial charge on any atom is 0.190 e. The van der Waals surface area contributed by atoms with E-state index in [1.807, 2.05) is 11.3 Å². The van der Waals surface area contributed by atoms with Crippen LogP contribution < -0.4 is 10.2 Å². The number of hydrogen-bond acceptors (Lipinski definition) is 4. The van der Waals surface area contributed by atoms with Crippen molar-refractivity contribution in [2.75, 3.05) is 18.0 Å². The summed E-state index contributed by atoms with van der Waals surface area (Å²) < 4.78 is 0. The number of nitrogens with zero attached hydrogens (tertiary/aromatic N) is 2. The third-order valence-electron chi connectivity index (χ3n) is 3.41. The molecule has 0 aliphatic carbocycles. The van der Waals surface area contributed by atoms with E-state index in [1.54, 1.807) is 0 Å². The summed E-state index contributed by atoms with van der Waals surface area (Å²) in [6, 6.07) is 10.5. The van der Waals surface area contributed by atoms with Crippen LogP contribution >= 0.6 is 11.3 Å². The third kappa shape index (κ3) is 3.83. The highest BCUT2D eigenvalue weighted by atomic mass is 32.1. The number of rotatable bonds is 7. The van der Waals surface area contributed by atoms with Gasteiger partial charge in [0.05, 0.1) is 5.69 Å². The molecule has 1 aromatic carbocycles. The van der Waals surface area contributed by atoms with E-state index in [4.69, 9.17) is 4.98 Å². The van der Waals surface area contributed by atoms with E-state index in [0.717, 1.165) is 24.8 Å². The summed E-state index contributed by atoms with van der Waals surface area (Å²) >= 11 is 1.81. The molecule has 0 atom stereocenters. The molecular formula is C17H25N3S. The first-order chi connectivity index (χ1) is 10.2. The Labute approximate surface area is 132 Å². The Morgan fingerprint density at radius 3 is 2.48 bits per heavy atom. The zero-order valence-electron chi connectivity index (χ0n) is 13.4. The molecule has 0 fully saturated rings. The van der Waals surface area contributed by atoms with Crippen molar-refractivity contribution >= 4 is 22.2 Å². The Morgan fingerprint density at radius 1 is 1.19 bits per heavy atom. The second-order valence-electron chi connectivity index (χ2n) is 5.32. The van der Waals surface area contributed by atoms with Crippen LogP contribution in [0.3, 0.4) is 0 Å². The van der Waals surface area contributed by atoms with Crippen molar-refractivity contribution in [3.8, 4) is 0 Å². The summed E-state index contributed by atoms with van der Waals surface area (Å²) in [4.78, 5) is 8.56. The number of thiazole rings is 1. The lowest BCUT2D eigenvalue weighted by Gasteiger charge is -2.19. The van der Waals surface area contributed by atoms with Crippen LogP contribution in [0.2, 0.25) is 0 Å². The Kier molecular flexibility index (Phi) is 5.76. The van der Waals surface area contributed by atoms with Crippen molar-refractivity contribution in [1.29, 1.82) is 0 Å². The molecule has 0 unspecified atom stereocenters. The van der Waals surface area contributed by atoms with Crippen LogP contribution in [0.25, 0.3) is 0 Å². The van der Waals surface area contributed by atoms with Gasteiger partial charge in [0.2, 0.25) is 0 Å². The maximum atomic E-state index is 4.91. The van der Waals surface area contributed by atoms with Crippen LogP contribution in [0.4, 0.5) is 10.8 Å². The molecular weight excluding hydrogens is 278 g/mol. The molecule has 0 amide bonds. The van der Waals surface area contributed by atoms with E-state index in [9.17, 15) is 0 Å². The molecule has 0 saturated carbocycles. The van der Waals surface area contributed by atoms with Crippen LogP contribution in [-0.2, 0) is 6.54 Å². The number of aromatic nitrogens is 1. The van der Waals surface area contributed by atoms with Gasteiger partial charge in [0.1, 0.15) is 0 Å². The molecule has 0 aliphatic heterocycles. The van der Waals surface area contributed by atoms with E-state index < -0.39 is 0 Å². The van der Waals surface area contributed by atoms with Gasteiger partial charge in [-0.2, -0.15) is 0 Å². The molecule has 0 radical (unpaired) electrons. The van der Waals surface area contributed by atoms with Crippen LogP contribution in [0.5, 0.6) is 0 Å². The molecule has 0 aliphatic rings. The van der Waals surface area contributed by atoms with Crippen molar-refractivity contribution in [1.82, 2.24) is 10.3 Å². The molecule has 0 saturated heterocycles. The van der Waals surface area contributed by atoms with Crippen LogP contribution in [-0.4, -0.2) is 18.1 Å². The highest BCUT2D eigenvalue weighted by molar-refractivity contribution is 7.15. The Bertz CT molecular complexity index is 548. The van der Waals surface area contributed by atoms with Crippen LogP contribution in [0.15, 0.2) is 30.3 Å². The molecule has 4 heteroatoms. The quantitative estimate of drug-likeness (QED) is 0.814. The number of hydrogen-bond donors (Lipinski definition) is 1. The second kappa shape index (κ2) is 7.57. The van der Waals surface area contributed by atoms with Crippen molar-refractivity contribution in [2.45, 2.75) is 40.2 Å². The van der Waals surface area contributed by atoms with Crippen LogP contribution in [0, 0.1) is 0 Å². The van der Waals surface area contributed by atoms with Gasteiger partial charge in [0.25, 0.3) is 0 Å². The highest BCUT2D eigenvalue weighted by Crippen LogP contribution is 2.34. The largest absolute Gasteiger partial charge is 0.318 e. The van der Waals surface area contributed by atoms with Crippen molar-refractivity contribution in [3.05, 3.63) is 40.9 Å². The minimum Gasteiger partial charge on any atom is -0.318 e. The lowest BCUT2D eigenvalue weighted by Crippen LogP contribution is -2.15. The topological polar surface area (TPSA) is 28.2 Å². The number of anilines is 2. The van der Waals surface area contributed by atoms with Gasteiger partial charge in [0, 0.05) is 23.7 Å². The monoisotopic (exact) mass is 303 g/mol. The molecule has 114 valence electrons. The minimum absolute atomic E-state index is 0.457. The molecule has 2 aromatic rings. The second-order valence-corrected chi connectivity index (χ2v) is 6.38. The minimum atomic E-state index is 0.457. The normalized spacial score (nSPS) is 11.1. The molecule has 1 N–H and O–H groups in total. The van der Waals surface area contributed by atoms with E-state index in [-0.39, 0.29) is 0 Å². The van der Waals surface area contributed by atoms with Gasteiger partial charge >= 0.3 is 0 Å². The fraction of sp³-hybridized carbons (Fsp3) is 0.471. The Balaban J connectivity index is 2.33. The van der Waals surface area contributed by atoms with Crippen molar-refractivity contribution < 1.29 is 0 Å². The first kappa shape index (κ1) is 16.0. The van der Waals surface area contributed by atoms with Gasteiger partial charge in [0.15, 0.2) is 5.13 Å². The van der Waals surface area contributed by atoms with Crippen molar-refractivity contribution in [3.63, 3.8) is 0 Å². The number of benzene rings is 1. The zero-order valence-corrected chi connectivity index (χ0v) is 14.2. The lowest BCUT2D eigenvalue weighted by molar-refractivity contribution is 0.714. The highest BCUT2D eigenvalue weighted by Gasteiger charge is 2.18. The fourth-order valence-corrected chi connectivity index (χ4v) is 3.59. The first-order valence-electron chi connectivity index (χ1n) is 7.70. The summed E-state index contributed by atoms with van der Waals surface area (Å²) in [5.74, 6) is 0.457. The van der Waals surface area contributed by atoms with E-state index >= 15 is 0 Å². The van der Waals surface area contributed by atoms with Gasteiger partial charge < -0.3 is 10.2 Å². The van der Waals surface area contributed by atoms with Crippen molar-refractivity contribution in [2.24, 2.45) is 0 Å². The molecule has 1 heterocycles. The molecule has 21 heavy (non-hydrogen) atoms. The average molecular weight is 303 g/mol. The summed E-state index contributed by atoms with van der Waals surface area (Å²) in [6.45, 7) is 11.6. The van der Waals surface area contributed by atoms with Gasteiger partial charge in [-0.05, 0) is 31.5 Å². The predicted molar refractivity (Wildman–Crippen MR) is 92.7 cm³/mol. The third-order valence-corrected chi connectivity index (χ3v) is 4.51. The van der Waals surface area contributed by atoms with Crippen LogP contribution in [0.1, 0.15) is 44.2 Å². The van der Waals surface area contributed by atoms with E-state index in [1.165, 1.54) is 16.3 Å². The van der Waals surface area contributed by atoms with E-state index in [0.29, 0.717) is 5.92 Å². The lowest BCUT2D eigenvalue weighted by atomic mass is 10.1. The maximum absolute atomic E-state index is 4.91. The summed E-state index contributed by atoms with van der Waals surface area (Å²) in [5, 5.41) is 4.52. The van der Waals surface area contributed by atoms with E-state index in [2.05, 4.69) is 68.2 Å². The average Bonchev–Trinajstić information content (AvgIpc) is 2.91. The van der Waals surface area contributed by atoms with Gasteiger partial charge in [-0.1, -0.05) is 50.3 Å². The molecule has 0 spiro atoms. The summed E-state index contributed by atoms with van der Waals surface area (Å²) in [6.07, 6.45) is 0. The smallest absolute Gasteiger partial charge is 0.190 e. The molecule has 0 bridgehead atoms. The summed E-state index contributed by atoms with van der Waals surface area (Å²) in [7, 11) is 0. The molecule has 3 nitrogen and oxygen atoms in total. The Morgan fingerprint density at radius 2 is 1.90 bits per heavy atom. The standard InChI is InChI=1S/C17H25N3S/c1-5-18-12-15-16(13(3)4)19-17(21-15)20(6-2)14-10-8-7-9-11-14/h7-11,13,18H,5-6,12H2,1-4H3. The fourth-order valence-electron chi connectivity index (χ4n) is 2.32. The first-order valence-corrected chi connectivity index (χ1v) is 8.51. The summed E-state index contributed by atoms with van der Waals surface area (Å²) in [5.41, 5.74) is 2.43. The SMILES string of the molecule is CCNCc1sc(N(CC)c2ccccc2)nc1C(C)C. The van der Waals surface area contributed by atoms with Gasteiger partial charge in [-0.15, -0.1) is 0 Å². The molecule has 1 aromatic heterocycles. The number of para-hydroxylation sites is 1. The van der Waals surface area contributed by atoms with Gasteiger partial charge in [-0.25, -0.2) is 4.98 Å². The van der Waals surface area contributed by atoms with Gasteiger partial charge in [-0.3, -0.25) is 0 Å². The number of nitrogens with one attached hydrogen (secondary N) is 1. The Hall–Kier alpha value is -1.39. The predicted octanol–water partition coefficient (Wildman–Crippen LogP) is 4.53.